The van der Waals surface area contributed by atoms with Gasteiger partial charge in [0.25, 0.3) is 0 Å². The molecule has 2 saturated heterocycles. The number of hydrogen-bond donors (Lipinski definition) is 2. The minimum Gasteiger partial charge on any atom is -0.497 e. The molecule has 0 aliphatic carbocycles. The molecule has 0 saturated carbocycles. The van der Waals surface area contributed by atoms with Gasteiger partial charge in [-0.15, -0.1) is 24.0 Å². The summed E-state index contributed by atoms with van der Waals surface area (Å²) in [6.07, 6.45) is 2.13. The second-order valence-corrected chi connectivity index (χ2v) is 7.72. The standard InChI is InChI=1S/C22H37N5O3.HI/c1-4-23-22(24-7-5-8-26-10-12-30-13-11-26)25-18-6-9-27(17-18)19-14-20(28-2)16-21(15-19)29-3;/h14-16,18H,4-13,17H2,1-3H3,(H2,23,24,25);1H. The number of hydrogen-bond acceptors (Lipinski definition) is 6. The first-order valence-corrected chi connectivity index (χ1v) is 11.0. The van der Waals surface area contributed by atoms with E-state index in [0.717, 1.165) is 95.0 Å². The summed E-state index contributed by atoms with van der Waals surface area (Å²) in [5, 5.41) is 7.00. The number of nitrogens with zero attached hydrogens (tertiary/aromatic N) is 3. The van der Waals surface area contributed by atoms with Gasteiger partial charge in [0, 0.05) is 75.7 Å². The van der Waals surface area contributed by atoms with Gasteiger partial charge in [-0.3, -0.25) is 9.89 Å². The number of aliphatic imine (C=N–C) groups is 1. The van der Waals surface area contributed by atoms with Crippen molar-refractivity contribution in [2.75, 3.05) is 78.1 Å². The molecule has 1 aromatic rings. The molecule has 8 nitrogen and oxygen atoms in total. The minimum absolute atomic E-state index is 0. The van der Waals surface area contributed by atoms with Crippen molar-refractivity contribution in [3.8, 4) is 11.5 Å². The monoisotopic (exact) mass is 547 g/mol. The summed E-state index contributed by atoms with van der Waals surface area (Å²) in [7, 11) is 3.37. The van der Waals surface area contributed by atoms with Gasteiger partial charge in [0.05, 0.1) is 27.4 Å². The van der Waals surface area contributed by atoms with E-state index in [4.69, 9.17) is 19.2 Å². The summed E-state index contributed by atoms with van der Waals surface area (Å²) in [6.45, 7) is 10.6. The zero-order valence-electron chi connectivity index (χ0n) is 19.1. The van der Waals surface area contributed by atoms with Crippen molar-refractivity contribution in [3.05, 3.63) is 18.2 Å². The summed E-state index contributed by atoms with van der Waals surface area (Å²) in [4.78, 5) is 9.61. The van der Waals surface area contributed by atoms with Crippen LogP contribution in [0.5, 0.6) is 11.5 Å². The highest BCUT2D eigenvalue weighted by atomic mass is 127. The molecule has 176 valence electrons. The molecule has 1 atom stereocenters. The van der Waals surface area contributed by atoms with Crippen molar-refractivity contribution >= 4 is 35.6 Å². The Morgan fingerprint density at radius 1 is 1.13 bits per heavy atom. The Morgan fingerprint density at radius 2 is 1.84 bits per heavy atom. The zero-order chi connectivity index (χ0) is 21.2. The number of ether oxygens (including phenoxy) is 3. The average Bonchev–Trinajstić information content (AvgIpc) is 3.25. The lowest BCUT2D eigenvalue weighted by molar-refractivity contribution is 0.0377. The number of halogens is 1. The number of nitrogens with one attached hydrogen (secondary N) is 2. The lowest BCUT2D eigenvalue weighted by atomic mass is 10.2. The fraction of sp³-hybridized carbons (Fsp3) is 0.682. The summed E-state index contributed by atoms with van der Waals surface area (Å²) >= 11 is 0. The number of methoxy groups -OCH3 is 2. The van der Waals surface area contributed by atoms with Gasteiger partial charge >= 0.3 is 0 Å². The number of guanidine groups is 1. The van der Waals surface area contributed by atoms with E-state index in [-0.39, 0.29) is 24.0 Å². The van der Waals surface area contributed by atoms with E-state index in [1.807, 2.05) is 6.07 Å². The van der Waals surface area contributed by atoms with Crippen molar-refractivity contribution in [1.82, 2.24) is 15.5 Å². The molecule has 0 radical (unpaired) electrons. The Hall–Kier alpha value is -1.46. The summed E-state index contributed by atoms with van der Waals surface area (Å²) in [5.74, 6) is 2.54. The summed E-state index contributed by atoms with van der Waals surface area (Å²) in [5.41, 5.74) is 1.13. The van der Waals surface area contributed by atoms with E-state index < -0.39 is 0 Å². The van der Waals surface area contributed by atoms with Gasteiger partial charge in [-0.1, -0.05) is 0 Å². The Labute approximate surface area is 203 Å². The molecule has 9 heteroatoms. The van der Waals surface area contributed by atoms with E-state index in [0.29, 0.717) is 6.04 Å². The number of rotatable bonds is 9. The molecule has 0 bridgehead atoms. The molecule has 2 aliphatic heterocycles. The maximum Gasteiger partial charge on any atom is 0.191 e. The van der Waals surface area contributed by atoms with Crippen molar-refractivity contribution in [3.63, 3.8) is 0 Å². The molecule has 0 amide bonds. The van der Waals surface area contributed by atoms with E-state index in [9.17, 15) is 0 Å². The van der Waals surface area contributed by atoms with Gasteiger partial charge in [-0.05, 0) is 19.8 Å². The molecule has 0 spiro atoms. The van der Waals surface area contributed by atoms with Crippen LogP contribution in [0.3, 0.4) is 0 Å². The van der Waals surface area contributed by atoms with Crippen LogP contribution in [-0.2, 0) is 4.74 Å². The Balaban J connectivity index is 0.00000341. The second-order valence-electron chi connectivity index (χ2n) is 7.72. The third-order valence-corrected chi connectivity index (χ3v) is 5.58. The fourth-order valence-corrected chi connectivity index (χ4v) is 3.91. The predicted octanol–water partition coefficient (Wildman–Crippen LogP) is 2.18. The molecule has 2 aliphatic rings. The average molecular weight is 547 g/mol. The molecule has 0 aromatic heterocycles. The van der Waals surface area contributed by atoms with Crippen molar-refractivity contribution in [1.29, 1.82) is 0 Å². The molecule has 3 rings (SSSR count). The van der Waals surface area contributed by atoms with Crippen LogP contribution in [-0.4, -0.2) is 90.1 Å². The first-order valence-electron chi connectivity index (χ1n) is 11.0. The Kier molecular flexibility index (Phi) is 11.5. The Bertz CT molecular complexity index is 663. The van der Waals surface area contributed by atoms with E-state index in [2.05, 4.69) is 39.5 Å². The number of morpholine rings is 1. The van der Waals surface area contributed by atoms with E-state index in [1.54, 1.807) is 14.2 Å². The van der Waals surface area contributed by atoms with Crippen LogP contribution < -0.4 is 25.0 Å². The predicted molar refractivity (Wildman–Crippen MR) is 137 cm³/mol. The molecule has 1 unspecified atom stereocenters. The van der Waals surface area contributed by atoms with Crippen LogP contribution in [0.15, 0.2) is 23.2 Å². The largest absolute Gasteiger partial charge is 0.497 e. The van der Waals surface area contributed by atoms with Crippen molar-refractivity contribution in [2.45, 2.75) is 25.8 Å². The van der Waals surface area contributed by atoms with Crippen LogP contribution in [0.1, 0.15) is 19.8 Å². The van der Waals surface area contributed by atoms with Crippen LogP contribution >= 0.6 is 24.0 Å². The Morgan fingerprint density at radius 3 is 2.48 bits per heavy atom. The SMILES string of the molecule is CCNC(=NCCCN1CCOCC1)NC1CCN(c2cc(OC)cc(OC)c2)C1.I. The van der Waals surface area contributed by atoms with Gasteiger partial charge in [0.2, 0.25) is 0 Å². The minimum atomic E-state index is 0. The first-order chi connectivity index (χ1) is 14.7. The van der Waals surface area contributed by atoms with Gasteiger partial charge < -0.3 is 29.7 Å². The lowest BCUT2D eigenvalue weighted by Crippen LogP contribution is -2.44. The molecule has 2 fully saturated rings. The van der Waals surface area contributed by atoms with Crippen LogP contribution in [0.4, 0.5) is 5.69 Å². The van der Waals surface area contributed by atoms with Gasteiger partial charge in [-0.2, -0.15) is 0 Å². The quantitative estimate of drug-likeness (QED) is 0.213. The maximum atomic E-state index is 5.42. The van der Waals surface area contributed by atoms with Gasteiger partial charge in [0.15, 0.2) is 5.96 Å². The van der Waals surface area contributed by atoms with Gasteiger partial charge in [-0.25, -0.2) is 0 Å². The molecular formula is C22H38IN5O3. The van der Waals surface area contributed by atoms with Crippen LogP contribution in [0, 0.1) is 0 Å². The zero-order valence-corrected chi connectivity index (χ0v) is 21.4. The van der Waals surface area contributed by atoms with Crippen LogP contribution in [0.25, 0.3) is 0 Å². The molecule has 2 N–H and O–H groups in total. The normalized spacial score (nSPS) is 19.6. The van der Waals surface area contributed by atoms with E-state index >= 15 is 0 Å². The molecule has 2 heterocycles. The summed E-state index contributed by atoms with van der Waals surface area (Å²) in [6, 6.07) is 6.40. The third-order valence-electron chi connectivity index (χ3n) is 5.58. The molecule has 31 heavy (non-hydrogen) atoms. The topological polar surface area (TPSA) is 70.6 Å². The van der Waals surface area contributed by atoms with Gasteiger partial charge in [0.1, 0.15) is 11.5 Å². The third kappa shape index (κ3) is 8.19. The highest BCUT2D eigenvalue weighted by Gasteiger charge is 2.24. The van der Waals surface area contributed by atoms with Crippen LogP contribution in [0.2, 0.25) is 0 Å². The first kappa shape index (κ1) is 25.8. The maximum absolute atomic E-state index is 5.42. The number of anilines is 1. The highest BCUT2D eigenvalue weighted by Crippen LogP contribution is 2.30. The lowest BCUT2D eigenvalue weighted by Gasteiger charge is -2.26. The van der Waals surface area contributed by atoms with E-state index in [1.165, 1.54) is 0 Å². The van der Waals surface area contributed by atoms with Crippen molar-refractivity contribution in [2.24, 2.45) is 4.99 Å². The molecular weight excluding hydrogens is 509 g/mol. The second kappa shape index (κ2) is 13.8. The fourth-order valence-electron chi connectivity index (χ4n) is 3.91. The summed E-state index contributed by atoms with van der Waals surface area (Å²) < 4.78 is 16.2. The smallest absolute Gasteiger partial charge is 0.191 e. The van der Waals surface area contributed by atoms with Crippen molar-refractivity contribution < 1.29 is 14.2 Å². The highest BCUT2D eigenvalue weighted by molar-refractivity contribution is 14.0. The number of benzene rings is 1. The molecule has 1 aromatic carbocycles.